The van der Waals surface area contributed by atoms with Gasteiger partial charge in [-0.2, -0.15) is 0 Å². The number of nitrogens with zero attached hydrogens (tertiary/aromatic N) is 2. The van der Waals surface area contributed by atoms with Crippen molar-refractivity contribution in [3.63, 3.8) is 0 Å². The van der Waals surface area contributed by atoms with E-state index in [1.807, 2.05) is 16.8 Å². The van der Waals surface area contributed by atoms with Gasteiger partial charge in [-0.05, 0) is 24.6 Å². The predicted octanol–water partition coefficient (Wildman–Crippen LogP) is 4.04. The molecule has 6 nitrogen and oxygen atoms in total. The lowest BCUT2D eigenvalue weighted by atomic mass is 10.1. The van der Waals surface area contributed by atoms with Crippen molar-refractivity contribution >= 4 is 29.1 Å². The van der Waals surface area contributed by atoms with Gasteiger partial charge < -0.3 is 14.9 Å². The van der Waals surface area contributed by atoms with Crippen LogP contribution in [0.4, 0.5) is 0 Å². The van der Waals surface area contributed by atoms with Gasteiger partial charge in [-0.15, -0.1) is 0 Å². The van der Waals surface area contributed by atoms with E-state index in [1.54, 1.807) is 12.5 Å². The summed E-state index contributed by atoms with van der Waals surface area (Å²) in [5.41, 5.74) is 7.80. The minimum Gasteiger partial charge on any atom is -0.472 e. The van der Waals surface area contributed by atoms with Gasteiger partial charge in [0, 0.05) is 24.3 Å². The molecule has 0 saturated carbocycles. The number of aromatic nitrogens is 2. The molecule has 1 aliphatic rings. The summed E-state index contributed by atoms with van der Waals surface area (Å²) in [6, 6.07) is 4.82. The maximum Gasteiger partial charge on any atom is 0.248 e. The van der Waals surface area contributed by atoms with Crippen molar-refractivity contribution in [1.29, 1.82) is 0 Å². The Kier molecular flexibility index (Phi) is 4.48. The molecule has 4 rings (SSSR count). The van der Waals surface area contributed by atoms with Crippen molar-refractivity contribution in [3.8, 4) is 17.1 Å². The smallest absolute Gasteiger partial charge is 0.248 e. The minimum atomic E-state index is -0.593. The van der Waals surface area contributed by atoms with E-state index in [0.29, 0.717) is 34.8 Å². The molecule has 1 aromatic carbocycles. The maximum atomic E-state index is 11.4. The average Bonchev–Trinajstić information content (AvgIpc) is 3.34. The Balaban J connectivity index is 1.89. The lowest BCUT2D eigenvalue weighted by Gasteiger charge is -2.12. The number of amides is 1. The van der Waals surface area contributed by atoms with Crippen molar-refractivity contribution in [2.24, 2.45) is 5.73 Å². The Hall–Kier alpha value is -2.28. The van der Waals surface area contributed by atoms with Gasteiger partial charge in [0.2, 0.25) is 5.91 Å². The van der Waals surface area contributed by atoms with Crippen LogP contribution in [0.1, 0.15) is 28.4 Å². The first-order valence-corrected chi connectivity index (χ1v) is 8.79. The number of hydrogen-bond acceptors (Lipinski definition) is 4. The van der Waals surface area contributed by atoms with Crippen LogP contribution in [-0.4, -0.2) is 28.7 Å². The topological polar surface area (TPSA) is 83.3 Å². The van der Waals surface area contributed by atoms with Crippen molar-refractivity contribution in [1.82, 2.24) is 9.55 Å². The Morgan fingerprint density at radius 1 is 1.31 bits per heavy atom. The summed E-state index contributed by atoms with van der Waals surface area (Å²) in [6.45, 7) is 1.34. The van der Waals surface area contributed by atoms with E-state index in [0.717, 1.165) is 17.7 Å². The monoisotopic (exact) mass is 391 g/mol. The number of halogens is 2. The predicted molar refractivity (Wildman–Crippen MR) is 98.0 cm³/mol. The molecule has 1 atom stereocenters. The van der Waals surface area contributed by atoms with Gasteiger partial charge in [0.1, 0.15) is 12.1 Å². The molecule has 0 aliphatic carbocycles. The molecule has 0 radical (unpaired) electrons. The third kappa shape index (κ3) is 3.00. The Morgan fingerprint density at radius 2 is 2.08 bits per heavy atom. The first-order chi connectivity index (χ1) is 12.5. The van der Waals surface area contributed by atoms with Crippen LogP contribution in [0.25, 0.3) is 17.1 Å². The highest BCUT2D eigenvalue weighted by atomic mass is 35.5. The van der Waals surface area contributed by atoms with E-state index in [2.05, 4.69) is 0 Å². The zero-order chi connectivity index (χ0) is 18.3. The molecule has 2 N–H and O–H groups in total. The van der Waals surface area contributed by atoms with Gasteiger partial charge in [0.25, 0.3) is 0 Å². The summed E-state index contributed by atoms with van der Waals surface area (Å²) >= 11 is 12.9. The summed E-state index contributed by atoms with van der Waals surface area (Å²) in [5, 5.41) is 0.616. The number of carbonyl (C=O) groups is 1. The zero-order valence-electron chi connectivity index (χ0n) is 13.6. The van der Waals surface area contributed by atoms with Crippen LogP contribution in [0.5, 0.6) is 0 Å². The molecule has 0 spiro atoms. The molecule has 3 heterocycles. The molecular weight excluding hydrogens is 377 g/mol. The molecule has 1 saturated heterocycles. The summed E-state index contributed by atoms with van der Waals surface area (Å²) in [6.07, 6.45) is 5.99. The van der Waals surface area contributed by atoms with Crippen molar-refractivity contribution in [2.75, 3.05) is 13.2 Å². The number of ether oxygens (including phenoxy) is 1. The first-order valence-electron chi connectivity index (χ1n) is 8.03. The Morgan fingerprint density at radius 3 is 2.65 bits per heavy atom. The average molecular weight is 392 g/mol. The number of carbonyl (C=O) groups excluding carboxylic acids is 1. The van der Waals surface area contributed by atoms with Crippen molar-refractivity contribution in [2.45, 2.75) is 12.3 Å². The SMILES string of the molecule is NC(=O)c1cc(Cl)c(-n2cc(C3CCOC3)nc2-c2ccoc2)c(Cl)c1. The van der Waals surface area contributed by atoms with Crippen molar-refractivity contribution in [3.05, 3.63) is 58.2 Å². The highest BCUT2D eigenvalue weighted by Crippen LogP contribution is 2.36. The molecule has 3 aromatic rings. The highest BCUT2D eigenvalue weighted by Gasteiger charge is 2.25. The van der Waals surface area contributed by atoms with Gasteiger partial charge in [-0.3, -0.25) is 9.36 Å². The van der Waals surface area contributed by atoms with E-state index in [9.17, 15) is 4.79 Å². The van der Waals surface area contributed by atoms with Crippen LogP contribution in [0.2, 0.25) is 10.0 Å². The van der Waals surface area contributed by atoms with Gasteiger partial charge in [-0.1, -0.05) is 23.2 Å². The molecule has 1 aliphatic heterocycles. The second-order valence-corrected chi connectivity index (χ2v) is 6.90. The number of benzene rings is 1. The largest absolute Gasteiger partial charge is 0.472 e. The molecule has 26 heavy (non-hydrogen) atoms. The van der Waals surface area contributed by atoms with Gasteiger partial charge >= 0.3 is 0 Å². The normalized spacial score (nSPS) is 16.9. The minimum absolute atomic E-state index is 0.212. The second kappa shape index (κ2) is 6.79. The highest BCUT2D eigenvalue weighted by molar-refractivity contribution is 6.38. The van der Waals surface area contributed by atoms with Crippen LogP contribution in [-0.2, 0) is 4.74 Å². The van der Waals surface area contributed by atoms with Gasteiger partial charge in [-0.25, -0.2) is 4.98 Å². The molecule has 134 valence electrons. The van der Waals surface area contributed by atoms with E-state index in [-0.39, 0.29) is 11.5 Å². The van der Waals surface area contributed by atoms with Crippen LogP contribution >= 0.6 is 23.2 Å². The molecule has 8 heteroatoms. The fourth-order valence-electron chi connectivity index (χ4n) is 3.07. The molecule has 1 amide bonds. The fraction of sp³-hybridized carbons (Fsp3) is 0.222. The number of furan rings is 1. The standard InChI is InChI=1S/C18H15Cl2N3O3/c19-13-5-12(17(21)24)6-14(20)16(13)23-7-15(10-1-3-25-8-10)22-18(23)11-2-4-26-9-11/h2,4-7,9-10H,1,3,8H2,(H2,21,24). The van der Waals surface area contributed by atoms with Crippen LogP contribution in [0, 0.1) is 0 Å². The van der Waals surface area contributed by atoms with Gasteiger partial charge in [0.15, 0.2) is 0 Å². The summed E-state index contributed by atoms with van der Waals surface area (Å²) < 4.78 is 12.5. The quantitative estimate of drug-likeness (QED) is 0.726. The lowest BCUT2D eigenvalue weighted by Crippen LogP contribution is -2.11. The summed E-state index contributed by atoms with van der Waals surface area (Å²) in [7, 11) is 0. The Labute approximate surface area is 159 Å². The Bertz CT molecular complexity index is 937. The lowest BCUT2D eigenvalue weighted by molar-refractivity contribution is 0.100. The zero-order valence-corrected chi connectivity index (χ0v) is 15.1. The fourth-order valence-corrected chi connectivity index (χ4v) is 3.74. The number of rotatable bonds is 4. The number of nitrogens with two attached hydrogens (primary N) is 1. The number of primary amides is 1. The number of imidazole rings is 1. The first kappa shape index (κ1) is 17.1. The van der Waals surface area contributed by atoms with E-state index < -0.39 is 5.91 Å². The molecule has 0 bridgehead atoms. The summed E-state index contributed by atoms with van der Waals surface area (Å²) in [5.74, 6) is 0.269. The molecular formula is C18H15Cl2N3O3. The van der Waals surface area contributed by atoms with E-state index in [1.165, 1.54) is 12.1 Å². The molecule has 1 fully saturated rings. The van der Waals surface area contributed by atoms with Crippen LogP contribution in [0.15, 0.2) is 41.3 Å². The van der Waals surface area contributed by atoms with Crippen LogP contribution < -0.4 is 5.73 Å². The molecule has 1 unspecified atom stereocenters. The van der Waals surface area contributed by atoms with E-state index >= 15 is 0 Å². The summed E-state index contributed by atoms with van der Waals surface area (Å²) in [4.78, 5) is 16.2. The van der Waals surface area contributed by atoms with Gasteiger partial charge in [0.05, 0.1) is 39.9 Å². The molecule has 2 aromatic heterocycles. The number of hydrogen-bond donors (Lipinski definition) is 1. The third-order valence-electron chi connectivity index (χ3n) is 4.39. The second-order valence-electron chi connectivity index (χ2n) is 6.08. The van der Waals surface area contributed by atoms with Crippen LogP contribution in [0.3, 0.4) is 0 Å². The van der Waals surface area contributed by atoms with Crippen molar-refractivity contribution < 1.29 is 13.9 Å². The van der Waals surface area contributed by atoms with E-state index in [4.69, 9.17) is 43.1 Å². The maximum absolute atomic E-state index is 11.4. The third-order valence-corrected chi connectivity index (χ3v) is 4.97.